The Morgan fingerprint density at radius 3 is 1.56 bits per heavy atom. The summed E-state index contributed by atoms with van der Waals surface area (Å²) in [7, 11) is 0. The van der Waals surface area contributed by atoms with Crippen molar-refractivity contribution in [1.29, 1.82) is 0 Å². The molecule has 0 atom stereocenters. The Kier molecular flexibility index (Phi) is 4.76. The molecule has 4 heteroatoms. The quantitative estimate of drug-likeness (QED) is 0.656. The fraction of sp³-hybridized carbons (Fsp3) is 0.500. The number of rotatable bonds is 6. The van der Waals surface area contributed by atoms with Gasteiger partial charge in [-0.25, -0.2) is 0 Å². The van der Waals surface area contributed by atoms with E-state index in [-0.39, 0.29) is 11.6 Å². The Hall–Kier alpha value is -1.58. The third-order valence-electron chi connectivity index (χ3n) is 2.21. The molecular weight excluding hydrogens is 204 g/mol. The zero-order valence-electron chi connectivity index (χ0n) is 9.80. The van der Waals surface area contributed by atoms with Gasteiger partial charge in [0, 0.05) is 25.2 Å². The Morgan fingerprint density at radius 1 is 0.875 bits per heavy atom. The van der Waals surface area contributed by atoms with Crippen LogP contribution in [0.3, 0.4) is 0 Å². The summed E-state index contributed by atoms with van der Waals surface area (Å²) in [5.41, 5.74) is 0.794. The van der Waals surface area contributed by atoms with Gasteiger partial charge in [0.05, 0.1) is 11.4 Å². The first-order chi connectivity index (χ1) is 7.69. The number of carbonyl (C=O) groups is 2. The van der Waals surface area contributed by atoms with Crippen molar-refractivity contribution in [3.8, 4) is 0 Å². The molecule has 1 rings (SSSR count). The largest absolute Gasteiger partial charge is 0.382 e. The minimum atomic E-state index is -0.133. The van der Waals surface area contributed by atoms with E-state index in [1.54, 1.807) is 0 Å². The average molecular weight is 222 g/mol. The van der Waals surface area contributed by atoms with Crippen molar-refractivity contribution in [2.75, 3.05) is 13.1 Å². The lowest BCUT2D eigenvalue weighted by Crippen LogP contribution is -2.29. The number of carbonyl (C=O) groups excluding carboxylic acids is 2. The molecule has 1 aliphatic rings. The van der Waals surface area contributed by atoms with Crippen molar-refractivity contribution in [3.05, 3.63) is 23.5 Å². The fourth-order valence-electron chi connectivity index (χ4n) is 1.36. The SMILES string of the molecule is CCCNC1=CC(=O)C(NCCC)=CC1=O. The topological polar surface area (TPSA) is 58.2 Å². The highest BCUT2D eigenvalue weighted by atomic mass is 16.1. The van der Waals surface area contributed by atoms with E-state index < -0.39 is 0 Å². The predicted molar refractivity (Wildman–Crippen MR) is 62.8 cm³/mol. The normalized spacial score (nSPS) is 15.6. The van der Waals surface area contributed by atoms with Crippen LogP contribution >= 0.6 is 0 Å². The Labute approximate surface area is 95.8 Å². The maximum atomic E-state index is 11.6. The monoisotopic (exact) mass is 222 g/mol. The van der Waals surface area contributed by atoms with E-state index >= 15 is 0 Å². The van der Waals surface area contributed by atoms with Crippen LogP contribution in [0.15, 0.2) is 23.5 Å². The second kappa shape index (κ2) is 6.10. The Balaban J connectivity index is 2.64. The van der Waals surface area contributed by atoms with Gasteiger partial charge in [0.25, 0.3) is 0 Å². The predicted octanol–water partition coefficient (Wildman–Crippen LogP) is 0.905. The Bertz CT molecular complexity index is 309. The highest BCUT2D eigenvalue weighted by Crippen LogP contribution is 2.07. The van der Waals surface area contributed by atoms with Crippen LogP contribution in [0.25, 0.3) is 0 Å². The van der Waals surface area contributed by atoms with Gasteiger partial charge >= 0.3 is 0 Å². The molecule has 0 aromatic carbocycles. The zero-order valence-corrected chi connectivity index (χ0v) is 9.80. The molecule has 0 bridgehead atoms. The molecule has 0 amide bonds. The summed E-state index contributed by atoms with van der Waals surface area (Å²) in [4.78, 5) is 23.2. The van der Waals surface area contributed by atoms with Gasteiger partial charge in [0.2, 0.25) is 11.6 Å². The lowest BCUT2D eigenvalue weighted by Gasteiger charge is -2.14. The van der Waals surface area contributed by atoms with Crippen LogP contribution in [0.5, 0.6) is 0 Å². The first-order valence-corrected chi connectivity index (χ1v) is 5.68. The molecule has 88 valence electrons. The van der Waals surface area contributed by atoms with Crippen LogP contribution in [-0.4, -0.2) is 24.7 Å². The van der Waals surface area contributed by atoms with Gasteiger partial charge in [-0.2, -0.15) is 0 Å². The molecule has 0 spiro atoms. The van der Waals surface area contributed by atoms with Crippen LogP contribution in [-0.2, 0) is 9.59 Å². The summed E-state index contributed by atoms with van der Waals surface area (Å²) in [6, 6.07) is 0. The highest BCUT2D eigenvalue weighted by molar-refractivity contribution is 6.19. The molecule has 0 saturated heterocycles. The summed E-state index contributed by atoms with van der Waals surface area (Å²) < 4.78 is 0. The minimum Gasteiger partial charge on any atom is -0.382 e. The second-order valence-corrected chi connectivity index (χ2v) is 3.70. The van der Waals surface area contributed by atoms with Crippen LogP contribution in [0, 0.1) is 0 Å². The van der Waals surface area contributed by atoms with E-state index in [9.17, 15) is 9.59 Å². The van der Waals surface area contributed by atoms with E-state index in [1.165, 1.54) is 12.2 Å². The number of nitrogens with one attached hydrogen (secondary N) is 2. The first-order valence-electron chi connectivity index (χ1n) is 5.68. The van der Waals surface area contributed by atoms with Gasteiger partial charge < -0.3 is 10.6 Å². The van der Waals surface area contributed by atoms with Crippen molar-refractivity contribution >= 4 is 11.6 Å². The molecule has 0 fully saturated rings. The van der Waals surface area contributed by atoms with E-state index in [0.29, 0.717) is 24.5 Å². The summed E-state index contributed by atoms with van der Waals surface area (Å²) in [5.74, 6) is -0.265. The lowest BCUT2D eigenvalue weighted by atomic mass is 10.1. The second-order valence-electron chi connectivity index (χ2n) is 3.70. The average Bonchev–Trinajstić information content (AvgIpc) is 2.28. The van der Waals surface area contributed by atoms with Gasteiger partial charge in [-0.3, -0.25) is 9.59 Å². The molecule has 4 nitrogen and oxygen atoms in total. The lowest BCUT2D eigenvalue weighted by molar-refractivity contribution is -0.115. The molecule has 1 aliphatic carbocycles. The standard InChI is InChI=1S/C12H18N2O2/c1-3-5-13-9-7-12(16)10(8-11(9)15)14-6-4-2/h7-8,13-14H,3-6H2,1-2H3. The van der Waals surface area contributed by atoms with Gasteiger partial charge in [-0.15, -0.1) is 0 Å². The van der Waals surface area contributed by atoms with Crippen molar-refractivity contribution in [1.82, 2.24) is 10.6 Å². The van der Waals surface area contributed by atoms with Gasteiger partial charge in [-0.1, -0.05) is 13.8 Å². The van der Waals surface area contributed by atoms with Gasteiger partial charge in [-0.05, 0) is 12.8 Å². The number of hydrogen-bond acceptors (Lipinski definition) is 4. The van der Waals surface area contributed by atoms with Crippen molar-refractivity contribution in [3.63, 3.8) is 0 Å². The molecule has 2 N–H and O–H groups in total. The molecule has 0 aromatic heterocycles. The van der Waals surface area contributed by atoms with Crippen molar-refractivity contribution in [2.45, 2.75) is 26.7 Å². The summed E-state index contributed by atoms with van der Waals surface area (Å²) in [6.45, 7) is 5.42. The van der Waals surface area contributed by atoms with E-state index in [4.69, 9.17) is 0 Å². The Morgan fingerprint density at radius 2 is 1.25 bits per heavy atom. The molecule has 0 saturated carbocycles. The minimum absolute atomic E-state index is 0.133. The van der Waals surface area contributed by atoms with E-state index in [0.717, 1.165) is 12.8 Å². The smallest absolute Gasteiger partial charge is 0.203 e. The highest BCUT2D eigenvalue weighted by Gasteiger charge is 2.19. The van der Waals surface area contributed by atoms with Crippen LogP contribution < -0.4 is 10.6 Å². The molecule has 16 heavy (non-hydrogen) atoms. The van der Waals surface area contributed by atoms with Crippen LogP contribution in [0.1, 0.15) is 26.7 Å². The zero-order chi connectivity index (χ0) is 12.0. The number of hydrogen-bond donors (Lipinski definition) is 2. The van der Waals surface area contributed by atoms with E-state index in [2.05, 4.69) is 10.6 Å². The van der Waals surface area contributed by atoms with Crippen LogP contribution in [0.4, 0.5) is 0 Å². The first kappa shape index (κ1) is 12.5. The molecule has 0 aliphatic heterocycles. The van der Waals surface area contributed by atoms with Gasteiger partial charge in [0.15, 0.2) is 0 Å². The summed E-state index contributed by atoms with van der Waals surface area (Å²) in [6.07, 6.45) is 4.58. The molecule has 0 radical (unpaired) electrons. The summed E-state index contributed by atoms with van der Waals surface area (Å²) >= 11 is 0. The third kappa shape index (κ3) is 3.22. The van der Waals surface area contributed by atoms with E-state index in [1.807, 2.05) is 13.8 Å². The van der Waals surface area contributed by atoms with Crippen molar-refractivity contribution < 1.29 is 9.59 Å². The summed E-state index contributed by atoms with van der Waals surface area (Å²) in [5, 5.41) is 5.89. The molecule has 0 aromatic rings. The molecular formula is C12H18N2O2. The molecule has 0 unspecified atom stereocenters. The number of allylic oxidation sites excluding steroid dienone is 2. The van der Waals surface area contributed by atoms with Crippen molar-refractivity contribution in [2.24, 2.45) is 0 Å². The fourth-order valence-corrected chi connectivity index (χ4v) is 1.36. The van der Waals surface area contributed by atoms with Crippen LogP contribution in [0.2, 0.25) is 0 Å². The maximum absolute atomic E-state index is 11.6. The number of ketones is 2. The third-order valence-corrected chi connectivity index (χ3v) is 2.21. The molecule has 0 heterocycles. The van der Waals surface area contributed by atoms with Gasteiger partial charge in [0.1, 0.15) is 0 Å². The maximum Gasteiger partial charge on any atom is 0.203 e.